The van der Waals surface area contributed by atoms with Crippen LogP contribution in [0.5, 0.6) is 0 Å². The van der Waals surface area contributed by atoms with Crippen LogP contribution in [0.2, 0.25) is 5.02 Å². The van der Waals surface area contributed by atoms with Gasteiger partial charge < -0.3 is 5.32 Å². The Labute approximate surface area is 185 Å². The molecule has 8 heteroatoms. The molecule has 0 aliphatic heterocycles. The maximum Gasteiger partial charge on any atom is 0.257 e. The summed E-state index contributed by atoms with van der Waals surface area (Å²) in [6.45, 7) is 8.20. The summed E-state index contributed by atoms with van der Waals surface area (Å²) < 4.78 is 2.96. The molecule has 158 valence electrons. The number of benzene rings is 2. The molecule has 0 saturated heterocycles. The monoisotopic (exact) mass is 446 g/mol. The fourth-order valence-corrected chi connectivity index (χ4v) is 3.77. The summed E-state index contributed by atoms with van der Waals surface area (Å²) in [7, 11) is 0. The summed E-state index contributed by atoms with van der Waals surface area (Å²) >= 11 is 12.7. The largest absolute Gasteiger partial charge is 0.321 e. The van der Waals surface area contributed by atoms with E-state index in [2.05, 4.69) is 10.4 Å². The van der Waals surface area contributed by atoms with Gasteiger partial charge in [0.2, 0.25) is 5.91 Å². The van der Waals surface area contributed by atoms with Crippen LogP contribution in [-0.4, -0.2) is 26.0 Å². The Morgan fingerprint density at radius 2 is 1.87 bits per heavy atom. The number of hydrogen-bond acceptors (Lipinski definition) is 3. The standard InChI is InChI=1S/C22H24Cl2N4O2/c1-5-28-18-11-7-10-17(16(18)12-25-28)26-20(29)15-9-6-8-14(19(15)23)13-27(24)21(30)22(2,3)4/h6-12H,5,13H2,1-4H3,(H,26,29). The highest BCUT2D eigenvalue weighted by atomic mass is 35.5. The number of hydrogen-bond donors (Lipinski definition) is 1. The molecule has 0 unspecified atom stereocenters. The van der Waals surface area contributed by atoms with Crippen LogP contribution in [0.1, 0.15) is 43.6 Å². The first kappa shape index (κ1) is 22.1. The number of carbonyl (C=O) groups is 2. The van der Waals surface area contributed by atoms with Crippen LogP contribution in [0, 0.1) is 5.41 Å². The minimum atomic E-state index is -0.620. The number of rotatable bonds is 5. The van der Waals surface area contributed by atoms with E-state index < -0.39 is 5.41 Å². The molecule has 1 N–H and O–H groups in total. The van der Waals surface area contributed by atoms with Crippen molar-refractivity contribution in [3.05, 3.63) is 58.7 Å². The van der Waals surface area contributed by atoms with Gasteiger partial charge in [-0.1, -0.05) is 50.6 Å². The number of anilines is 1. The molecule has 0 radical (unpaired) electrons. The number of nitrogens with zero attached hydrogens (tertiary/aromatic N) is 3. The molecule has 0 aliphatic carbocycles. The lowest BCUT2D eigenvalue weighted by atomic mass is 9.95. The van der Waals surface area contributed by atoms with E-state index in [9.17, 15) is 9.59 Å². The third kappa shape index (κ3) is 4.45. The lowest BCUT2D eigenvalue weighted by Gasteiger charge is -2.24. The maximum absolute atomic E-state index is 12.9. The third-order valence-corrected chi connectivity index (χ3v) is 5.45. The molecule has 2 amide bonds. The Morgan fingerprint density at radius 1 is 1.17 bits per heavy atom. The molecule has 30 heavy (non-hydrogen) atoms. The summed E-state index contributed by atoms with van der Waals surface area (Å²) in [6.07, 6.45) is 1.73. The highest BCUT2D eigenvalue weighted by Gasteiger charge is 2.27. The van der Waals surface area contributed by atoms with E-state index in [4.69, 9.17) is 23.4 Å². The highest BCUT2D eigenvalue weighted by Crippen LogP contribution is 2.28. The van der Waals surface area contributed by atoms with Crippen molar-refractivity contribution in [2.75, 3.05) is 5.32 Å². The van der Waals surface area contributed by atoms with Gasteiger partial charge in [0, 0.05) is 29.1 Å². The van der Waals surface area contributed by atoms with Crippen LogP contribution in [0.4, 0.5) is 5.69 Å². The van der Waals surface area contributed by atoms with Crippen LogP contribution in [0.15, 0.2) is 42.6 Å². The average molecular weight is 447 g/mol. The van der Waals surface area contributed by atoms with Crippen molar-refractivity contribution >= 4 is 51.8 Å². The highest BCUT2D eigenvalue weighted by molar-refractivity contribution is 6.35. The molecule has 0 spiro atoms. The zero-order valence-electron chi connectivity index (χ0n) is 17.4. The lowest BCUT2D eigenvalue weighted by molar-refractivity contribution is -0.134. The number of nitrogens with one attached hydrogen (secondary N) is 1. The predicted molar refractivity (Wildman–Crippen MR) is 121 cm³/mol. The molecule has 2 aromatic carbocycles. The fourth-order valence-electron chi connectivity index (χ4n) is 3.12. The van der Waals surface area contributed by atoms with Crippen molar-refractivity contribution in [2.45, 2.75) is 40.8 Å². The van der Waals surface area contributed by atoms with Crippen LogP contribution in [0.25, 0.3) is 10.9 Å². The molecular weight excluding hydrogens is 423 g/mol. The normalized spacial score (nSPS) is 11.5. The Bertz CT molecular complexity index is 1100. The van der Waals surface area contributed by atoms with E-state index >= 15 is 0 Å². The van der Waals surface area contributed by atoms with Gasteiger partial charge in [0.15, 0.2) is 0 Å². The smallest absolute Gasteiger partial charge is 0.257 e. The summed E-state index contributed by atoms with van der Waals surface area (Å²) in [5, 5.41) is 8.37. The van der Waals surface area contributed by atoms with Crippen molar-refractivity contribution in [3.63, 3.8) is 0 Å². The van der Waals surface area contributed by atoms with E-state index in [1.807, 2.05) is 29.8 Å². The Hall–Kier alpha value is -2.57. The van der Waals surface area contributed by atoms with Crippen LogP contribution in [-0.2, 0) is 17.9 Å². The molecule has 0 aliphatic rings. The Balaban J connectivity index is 1.85. The molecule has 1 heterocycles. The quantitative estimate of drug-likeness (QED) is 0.526. The van der Waals surface area contributed by atoms with Gasteiger partial charge >= 0.3 is 0 Å². The summed E-state index contributed by atoms with van der Waals surface area (Å²) in [5.41, 5.74) is 1.87. The molecule has 3 rings (SSSR count). The van der Waals surface area contributed by atoms with Crippen LogP contribution < -0.4 is 5.32 Å². The number of amides is 2. The topological polar surface area (TPSA) is 67.2 Å². The number of halogens is 2. The van der Waals surface area contributed by atoms with E-state index in [-0.39, 0.29) is 23.4 Å². The zero-order valence-corrected chi connectivity index (χ0v) is 18.9. The number of fused-ring (bicyclic) bond motifs is 1. The minimum Gasteiger partial charge on any atom is -0.321 e. The van der Waals surface area contributed by atoms with E-state index in [1.165, 1.54) is 0 Å². The molecule has 6 nitrogen and oxygen atoms in total. The van der Waals surface area contributed by atoms with Gasteiger partial charge in [-0.15, -0.1) is 0 Å². The van der Waals surface area contributed by atoms with Crippen molar-refractivity contribution in [2.24, 2.45) is 5.41 Å². The van der Waals surface area contributed by atoms with Gasteiger partial charge in [0.1, 0.15) is 0 Å². The van der Waals surface area contributed by atoms with Gasteiger partial charge in [0.05, 0.1) is 34.5 Å². The van der Waals surface area contributed by atoms with Gasteiger partial charge in [-0.05, 0) is 30.7 Å². The van der Waals surface area contributed by atoms with Crippen molar-refractivity contribution in [1.82, 2.24) is 14.2 Å². The van der Waals surface area contributed by atoms with Crippen molar-refractivity contribution in [3.8, 4) is 0 Å². The van der Waals surface area contributed by atoms with Crippen LogP contribution >= 0.6 is 23.4 Å². The maximum atomic E-state index is 12.9. The summed E-state index contributed by atoms with van der Waals surface area (Å²) in [6, 6.07) is 10.8. The lowest BCUT2D eigenvalue weighted by Crippen LogP contribution is -2.33. The number of aryl methyl sites for hydroxylation is 1. The van der Waals surface area contributed by atoms with E-state index in [0.717, 1.165) is 21.9 Å². The first-order valence-electron chi connectivity index (χ1n) is 9.64. The second-order valence-electron chi connectivity index (χ2n) is 8.01. The fraction of sp³-hybridized carbons (Fsp3) is 0.318. The summed E-state index contributed by atoms with van der Waals surface area (Å²) in [4.78, 5) is 25.3. The van der Waals surface area contributed by atoms with Gasteiger partial charge in [0.25, 0.3) is 5.91 Å². The summed E-state index contributed by atoms with van der Waals surface area (Å²) in [5.74, 6) is -0.573. The molecule has 0 fully saturated rings. The van der Waals surface area contributed by atoms with E-state index in [0.29, 0.717) is 16.8 Å². The third-order valence-electron chi connectivity index (χ3n) is 4.73. The average Bonchev–Trinajstić information content (AvgIpc) is 3.12. The van der Waals surface area contributed by atoms with Gasteiger partial charge in [-0.25, -0.2) is 4.42 Å². The SMILES string of the molecule is CCn1ncc2c(NC(=O)c3cccc(CN(Cl)C(=O)C(C)(C)C)c3Cl)cccc21. The predicted octanol–water partition coefficient (Wildman–Crippen LogP) is 5.49. The van der Waals surface area contributed by atoms with Gasteiger partial charge in [-0.3, -0.25) is 14.3 Å². The number of aromatic nitrogens is 2. The van der Waals surface area contributed by atoms with Crippen molar-refractivity contribution in [1.29, 1.82) is 0 Å². The molecule has 0 saturated carbocycles. The molecule has 0 bridgehead atoms. The molecule has 1 aromatic heterocycles. The van der Waals surface area contributed by atoms with Crippen molar-refractivity contribution < 1.29 is 9.59 Å². The second-order valence-corrected chi connectivity index (χ2v) is 8.79. The minimum absolute atomic E-state index is 0.0937. The molecule has 0 atom stereocenters. The first-order chi connectivity index (χ1) is 14.1. The molecule has 3 aromatic rings. The van der Waals surface area contributed by atoms with Crippen LogP contribution in [0.3, 0.4) is 0 Å². The second kappa shape index (κ2) is 8.66. The Morgan fingerprint density at radius 3 is 2.53 bits per heavy atom. The molecular formula is C22H24Cl2N4O2. The Kier molecular flexibility index (Phi) is 6.38. The van der Waals surface area contributed by atoms with Gasteiger partial charge in [-0.2, -0.15) is 5.10 Å². The zero-order chi connectivity index (χ0) is 22.1. The number of carbonyl (C=O) groups excluding carboxylic acids is 2. The van der Waals surface area contributed by atoms with E-state index in [1.54, 1.807) is 45.2 Å². The first-order valence-corrected chi connectivity index (χ1v) is 10.4.